The van der Waals surface area contributed by atoms with Gasteiger partial charge in [-0.25, -0.2) is 0 Å². The van der Waals surface area contributed by atoms with Gasteiger partial charge in [-0.1, -0.05) is 75.1 Å². The van der Waals surface area contributed by atoms with Crippen LogP contribution in [0.4, 0.5) is 0 Å². The van der Waals surface area contributed by atoms with Crippen LogP contribution in [-0.2, 0) is 26.1 Å². The molecule has 0 N–H and O–H groups in total. The Bertz CT molecular complexity index is 1110. The number of nitrogens with zero attached hydrogens (tertiary/aromatic N) is 1. The predicted molar refractivity (Wildman–Crippen MR) is 149 cm³/mol. The fraction of sp³-hybridized carbons (Fsp3) is 0.533. The fourth-order valence-corrected chi connectivity index (χ4v) is 8.58. The normalized spacial score (nSPS) is 25.2. The zero-order valence-electron chi connectivity index (χ0n) is 21.2. The number of thioether (sulfide) groups is 1. The van der Waals surface area contributed by atoms with Crippen LogP contribution < -0.4 is 0 Å². The van der Waals surface area contributed by atoms with E-state index in [1.165, 1.54) is 18.4 Å². The molecule has 0 bridgehead atoms. The fourth-order valence-electron chi connectivity index (χ4n) is 6.15. The molecule has 3 aliphatic rings. The number of carbonyl (C=O) groups excluding carboxylic acids is 2. The van der Waals surface area contributed by atoms with E-state index in [-0.39, 0.29) is 28.7 Å². The Kier molecular flexibility index (Phi) is 8.32. The average Bonchev–Trinajstić information content (AvgIpc) is 3.51. The van der Waals surface area contributed by atoms with Gasteiger partial charge in [0.15, 0.2) is 0 Å². The van der Waals surface area contributed by atoms with Crippen LogP contribution in [0.3, 0.4) is 0 Å². The van der Waals surface area contributed by atoms with Crippen molar-refractivity contribution >= 4 is 34.3 Å². The Balaban J connectivity index is 1.22. The average molecular weight is 524 g/mol. The van der Waals surface area contributed by atoms with Crippen molar-refractivity contribution in [2.45, 2.75) is 75.5 Å². The third-order valence-corrected chi connectivity index (χ3v) is 10.7. The lowest BCUT2D eigenvalue weighted by molar-refractivity contribution is -0.130. The largest absolute Gasteiger partial charge is 0.323 e. The molecule has 1 amide bonds. The first-order chi connectivity index (χ1) is 17.5. The number of Topliss-reactive ketones (excluding diaryl/α,β-unsaturated/α-hetero) is 1. The van der Waals surface area contributed by atoms with Gasteiger partial charge in [0, 0.05) is 28.5 Å². The van der Waals surface area contributed by atoms with Crippen molar-refractivity contribution in [3.63, 3.8) is 0 Å². The highest BCUT2D eigenvalue weighted by molar-refractivity contribution is 8.00. The van der Waals surface area contributed by atoms with E-state index in [1.807, 2.05) is 12.1 Å². The van der Waals surface area contributed by atoms with Gasteiger partial charge >= 0.3 is 0 Å². The summed E-state index contributed by atoms with van der Waals surface area (Å²) in [6.45, 7) is 2.16. The quantitative estimate of drug-likeness (QED) is 0.356. The van der Waals surface area contributed by atoms with Crippen molar-refractivity contribution in [2.24, 2.45) is 11.8 Å². The van der Waals surface area contributed by atoms with E-state index in [0.717, 1.165) is 55.2 Å². The molecular weight excluding hydrogens is 486 g/mol. The molecule has 2 aromatic carbocycles. The van der Waals surface area contributed by atoms with Crippen LogP contribution in [-0.4, -0.2) is 38.3 Å². The molecule has 2 aromatic rings. The lowest BCUT2D eigenvalue weighted by Crippen LogP contribution is -2.36. The van der Waals surface area contributed by atoms with Gasteiger partial charge in [-0.05, 0) is 59.9 Å². The summed E-state index contributed by atoms with van der Waals surface area (Å²) in [5.74, 6) is 2.30. The van der Waals surface area contributed by atoms with Gasteiger partial charge in [-0.15, -0.1) is 11.8 Å². The van der Waals surface area contributed by atoms with Crippen LogP contribution in [0, 0.1) is 11.8 Å². The summed E-state index contributed by atoms with van der Waals surface area (Å²) in [6, 6.07) is 17.2. The SMILES string of the molecule is CCCC1CCC1C(=O)CS(=O)Cc1ccc(-c2cccc(C3SCC(=O)N3C3CCCC3)c2)cc1. The van der Waals surface area contributed by atoms with Gasteiger partial charge in [-0.2, -0.15) is 0 Å². The van der Waals surface area contributed by atoms with Gasteiger partial charge in [0.05, 0.1) is 11.5 Å². The number of ketones is 1. The molecule has 4 unspecified atom stereocenters. The molecule has 5 rings (SSSR count). The monoisotopic (exact) mass is 523 g/mol. The summed E-state index contributed by atoms with van der Waals surface area (Å²) in [7, 11) is -1.16. The first-order valence-corrected chi connectivity index (χ1v) is 16.1. The summed E-state index contributed by atoms with van der Waals surface area (Å²) in [5, 5.41) is 0.104. The second kappa shape index (κ2) is 11.6. The smallest absolute Gasteiger partial charge is 0.234 e. The maximum atomic E-state index is 12.7. The number of hydrogen-bond acceptors (Lipinski definition) is 4. The summed E-state index contributed by atoms with van der Waals surface area (Å²) in [5.41, 5.74) is 4.44. The molecule has 36 heavy (non-hydrogen) atoms. The first kappa shape index (κ1) is 25.7. The Hall–Kier alpha value is -1.92. The molecule has 0 radical (unpaired) electrons. The molecule has 2 saturated carbocycles. The van der Waals surface area contributed by atoms with Crippen LogP contribution in [0.1, 0.15) is 74.8 Å². The number of rotatable bonds is 10. The van der Waals surface area contributed by atoms with E-state index in [9.17, 15) is 13.8 Å². The van der Waals surface area contributed by atoms with E-state index in [1.54, 1.807) is 11.8 Å². The number of hydrogen-bond donors (Lipinski definition) is 0. The van der Waals surface area contributed by atoms with Gasteiger partial charge in [0.25, 0.3) is 0 Å². The van der Waals surface area contributed by atoms with Crippen molar-refractivity contribution in [3.05, 3.63) is 59.7 Å². The van der Waals surface area contributed by atoms with Crippen LogP contribution in [0.25, 0.3) is 11.1 Å². The maximum absolute atomic E-state index is 12.7. The standard InChI is InChI=1S/C30H37NO3S2/c1-2-6-23-15-16-27(23)28(32)20-36(34)19-21-11-13-22(14-12-21)24-7-5-8-25(17-24)30-31(29(33)18-35-30)26-9-3-4-10-26/h5,7-8,11-14,17,23,26-27,30H,2-4,6,9-10,15-16,18-20H2,1H3. The van der Waals surface area contributed by atoms with Crippen molar-refractivity contribution in [3.8, 4) is 11.1 Å². The Labute approximate surface area is 222 Å². The second-order valence-corrected chi connectivity index (χ2v) is 13.2. The second-order valence-electron chi connectivity index (χ2n) is 10.7. The molecule has 3 fully saturated rings. The molecule has 4 atom stereocenters. The summed E-state index contributed by atoms with van der Waals surface area (Å²) >= 11 is 1.74. The van der Waals surface area contributed by atoms with E-state index >= 15 is 0 Å². The first-order valence-electron chi connectivity index (χ1n) is 13.5. The minimum absolute atomic E-state index is 0.104. The maximum Gasteiger partial charge on any atom is 0.234 e. The predicted octanol–water partition coefficient (Wildman–Crippen LogP) is 6.51. The molecule has 4 nitrogen and oxygen atoms in total. The van der Waals surface area contributed by atoms with Crippen LogP contribution in [0.15, 0.2) is 48.5 Å². The minimum Gasteiger partial charge on any atom is -0.323 e. The molecule has 0 aromatic heterocycles. The number of benzene rings is 2. The van der Waals surface area contributed by atoms with Crippen LogP contribution in [0.2, 0.25) is 0 Å². The van der Waals surface area contributed by atoms with Crippen molar-refractivity contribution in [1.82, 2.24) is 4.90 Å². The Morgan fingerprint density at radius 2 is 1.81 bits per heavy atom. The Morgan fingerprint density at radius 1 is 1.03 bits per heavy atom. The van der Waals surface area contributed by atoms with Crippen molar-refractivity contribution in [2.75, 3.05) is 11.5 Å². The van der Waals surface area contributed by atoms with E-state index < -0.39 is 10.8 Å². The molecule has 192 valence electrons. The molecular formula is C30H37NO3S2. The topological polar surface area (TPSA) is 54.5 Å². The van der Waals surface area contributed by atoms with Crippen molar-refractivity contribution in [1.29, 1.82) is 0 Å². The summed E-state index contributed by atoms with van der Waals surface area (Å²) in [6.07, 6.45) is 9.03. The Morgan fingerprint density at radius 3 is 2.50 bits per heavy atom. The molecule has 6 heteroatoms. The van der Waals surface area contributed by atoms with Gasteiger partial charge in [0.1, 0.15) is 11.2 Å². The van der Waals surface area contributed by atoms with Gasteiger partial charge in [0.2, 0.25) is 5.91 Å². The highest BCUT2D eigenvalue weighted by atomic mass is 32.2. The third kappa shape index (κ3) is 5.65. The number of carbonyl (C=O) groups is 2. The minimum atomic E-state index is -1.16. The molecule has 0 spiro atoms. The van der Waals surface area contributed by atoms with E-state index in [4.69, 9.17) is 0 Å². The van der Waals surface area contributed by atoms with Crippen molar-refractivity contribution < 1.29 is 13.8 Å². The highest BCUT2D eigenvalue weighted by Crippen LogP contribution is 2.44. The lowest BCUT2D eigenvalue weighted by atomic mass is 9.70. The van der Waals surface area contributed by atoms with Gasteiger partial charge < -0.3 is 4.90 Å². The molecule has 1 aliphatic heterocycles. The van der Waals surface area contributed by atoms with Crippen LogP contribution >= 0.6 is 11.8 Å². The van der Waals surface area contributed by atoms with Crippen LogP contribution in [0.5, 0.6) is 0 Å². The summed E-state index contributed by atoms with van der Waals surface area (Å²) < 4.78 is 12.7. The molecule has 1 heterocycles. The zero-order valence-corrected chi connectivity index (χ0v) is 22.8. The molecule has 1 saturated heterocycles. The zero-order chi connectivity index (χ0) is 25.1. The third-order valence-electron chi connectivity index (χ3n) is 8.20. The lowest BCUT2D eigenvalue weighted by Gasteiger charge is -2.35. The highest BCUT2D eigenvalue weighted by Gasteiger charge is 2.39. The summed E-state index contributed by atoms with van der Waals surface area (Å²) in [4.78, 5) is 27.4. The van der Waals surface area contributed by atoms with E-state index in [0.29, 0.717) is 23.5 Å². The van der Waals surface area contributed by atoms with E-state index in [2.05, 4.69) is 48.2 Å². The molecule has 2 aliphatic carbocycles. The number of amides is 1. The van der Waals surface area contributed by atoms with Gasteiger partial charge in [-0.3, -0.25) is 13.8 Å².